The van der Waals surface area contributed by atoms with Gasteiger partial charge in [-0.3, -0.25) is 9.69 Å². The van der Waals surface area contributed by atoms with Gasteiger partial charge >= 0.3 is 0 Å². The number of anilines is 1. The Labute approximate surface area is 132 Å². The maximum atomic E-state index is 12.6. The Morgan fingerprint density at radius 3 is 3.09 bits per heavy atom. The van der Waals surface area contributed by atoms with Gasteiger partial charge in [-0.25, -0.2) is 0 Å². The summed E-state index contributed by atoms with van der Waals surface area (Å²) >= 11 is 0. The van der Waals surface area contributed by atoms with E-state index in [9.17, 15) is 9.90 Å². The summed E-state index contributed by atoms with van der Waals surface area (Å²) < 4.78 is 0. The van der Waals surface area contributed by atoms with Crippen molar-refractivity contribution in [2.45, 2.75) is 51.1 Å². The summed E-state index contributed by atoms with van der Waals surface area (Å²) in [6.07, 6.45) is 5.23. The molecule has 2 atom stereocenters. The Kier molecular flexibility index (Phi) is 4.79. The molecule has 0 amide bonds. The molecule has 1 saturated heterocycles. The average Bonchev–Trinajstić information content (AvgIpc) is 2.88. The summed E-state index contributed by atoms with van der Waals surface area (Å²) in [7, 11) is 0. The number of benzene rings is 1. The van der Waals surface area contributed by atoms with Crippen LogP contribution >= 0.6 is 0 Å². The van der Waals surface area contributed by atoms with Crippen molar-refractivity contribution in [1.29, 1.82) is 0 Å². The molecule has 2 aliphatic heterocycles. The normalized spacial score (nSPS) is 24.8. The molecule has 0 spiro atoms. The number of fused-ring (bicyclic) bond motifs is 1. The van der Waals surface area contributed by atoms with Gasteiger partial charge in [-0.2, -0.15) is 0 Å². The van der Waals surface area contributed by atoms with Gasteiger partial charge in [0.1, 0.15) is 0 Å². The zero-order chi connectivity index (χ0) is 15.5. The van der Waals surface area contributed by atoms with Crippen LogP contribution in [-0.4, -0.2) is 47.6 Å². The molecule has 2 unspecified atom stereocenters. The van der Waals surface area contributed by atoms with Crippen molar-refractivity contribution in [2.24, 2.45) is 0 Å². The van der Waals surface area contributed by atoms with E-state index in [2.05, 4.69) is 23.2 Å². The molecule has 0 aromatic heterocycles. The van der Waals surface area contributed by atoms with E-state index in [1.165, 1.54) is 17.7 Å². The first-order valence-electron chi connectivity index (χ1n) is 8.45. The van der Waals surface area contributed by atoms with Crippen molar-refractivity contribution in [3.8, 4) is 0 Å². The molecule has 0 radical (unpaired) electrons. The summed E-state index contributed by atoms with van der Waals surface area (Å²) in [5.74, 6) is 0.201. The van der Waals surface area contributed by atoms with Crippen LogP contribution in [0.25, 0.3) is 0 Å². The number of likely N-dealkylation sites (tertiary alicyclic amines) is 1. The van der Waals surface area contributed by atoms with Gasteiger partial charge in [-0.05, 0) is 62.9 Å². The number of ketones is 1. The SMILES string of the molecule is CC1Cc2cc(C(=O)CN3CCCCC3CCO)ccc2N1. The lowest BCUT2D eigenvalue weighted by molar-refractivity contribution is 0.0799. The minimum atomic E-state index is 0.201. The van der Waals surface area contributed by atoms with Crippen LogP contribution in [-0.2, 0) is 6.42 Å². The number of piperidine rings is 1. The molecule has 0 aliphatic carbocycles. The van der Waals surface area contributed by atoms with E-state index >= 15 is 0 Å². The minimum absolute atomic E-state index is 0.201. The fourth-order valence-electron chi connectivity index (χ4n) is 3.74. The van der Waals surface area contributed by atoms with Gasteiger partial charge in [0.15, 0.2) is 5.78 Å². The van der Waals surface area contributed by atoms with Gasteiger partial charge in [-0.1, -0.05) is 6.42 Å². The van der Waals surface area contributed by atoms with Crippen molar-refractivity contribution < 1.29 is 9.90 Å². The minimum Gasteiger partial charge on any atom is -0.396 e. The smallest absolute Gasteiger partial charge is 0.176 e. The molecular weight excluding hydrogens is 276 g/mol. The first-order valence-corrected chi connectivity index (χ1v) is 8.45. The highest BCUT2D eigenvalue weighted by Crippen LogP contribution is 2.27. The number of aliphatic hydroxyl groups is 1. The van der Waals surface area contributed by atoms with Gasteiger partial charge in [0.25, 0.3) is 0 Å². The van der Waals surface area contributed by atoms with Crippen LogP contribution in [0.5, 0.6) is 0 Å². The fourth-order valence-corrected chi connectivity index (χ4v) is 3.74. The van der Waals surface area contributed by atoms with Crippen LogP contribution in [0.15, 0.2) is 18.2 Å². The van der Waals surface area contributed by atoms with E-state index in [4.69, 9.17) is 0 Å². The molecule has 0 bridgehead atoms. The predicted molar refractivity (Wildman–Crippen MR) is 88.5 cm³/mol. The lowest BCUT2D eigenvalue weighted by atomic mass is 9.98. The topological polar surface area (TPSA) is 52.6 Å². The third kappa shape index (κ3) is 3.33. The molecule has 0 saturated carbocycles. The molecule has 3 rings (SSSR count). The van der Waals surface area contributed by atoms with Gasteiger partial charge in [0.05, 0.1) is 6.54 Å². The first-order chi connectivity index (χ1) is 10.7. The van der Waals surface area contributed by atoms with Gasteiger partial charge < -0.3 is 10.4 Å². The number of Topliss-reactive ketones (excluding diaryl/α,β-unsaturated/α-hetero) is 1. The number of rotatable bonds is 5. The quantitative estimate of drug-likeness (QED) is 0.821. The fraction of sp³-hybridized carbons (Fsp3) is 0.611. The summed E-state index contributed by atoms with van der Waals surface area (Å²) in [6.45, 7) is 3.82. The second kappa shape index (κ2) is 6.80. The molecule has 2 aliphatic rings. The average molecular weight is 302 g/mol. The highest BCUT2D eigenvalue weighted by molar-refractivity contribution is 5.98. The van der Waals surface area contributed by atoms with Crippen molar-refractivity contribution >= 4 is 11.5 Å². The highest BCUT2D eigenvalue weighted by Gasteiger charge is 2.25. The molecule has 1 aromatic rings. The van der Waals surface area contributed by atoms with E-state index in [1.54, 1.807) is 0 Å². The number of nitrogens with one attached hydrogen (secondary N) is 1. The molecule has 2 heterocycles. The summed E-state index contributed by atoms with van der Waals surface area (Å²) in [4.78, 5) is 14.9. The van der Waals surface area contributed by atoms with Crippen molar-refractivity contribution in [3.63, 3.8) is 0 Å². The van der Waals surface area contributed by atoms with E-state index < -0.39 is 0 Å². The summed E-state index contributed by atoms with van der Waals surface area (Å²) in [5.41, 5.74) is 3.24. The van der Waals surface area contributed by atoms with Gasteiger partial charge in [-0.15, -0.1) is 0 Å². The number of aliphatic hydroxyl groups excluding tert-OH is 1. The number of carbonyl (C=O) groups is 1. The molecule has 2 N–H and O–H groups in total. The molecule has 1 aromatic carbocycles. The van der Waals surface area contributed by atoms with E-state index in [-0.39, 0.29) is 12.4 Å². The molecular formula is C18H26N2O2. The van der Waals surface area contributed by atoms with Gasteiger partial charge in [0, 0.05) is 29.9 Å². The second-order valence-corrected chi connectivity index (χ2v) is 6.68. The Morgan fingerprint density at radius 1 is 1.41 bits per heavy atom. The monoisotopic (exact) mass is 302 g/mol. The van der Waals surface area contributed by atoms with Crippen LogP contribution in [0.4, 0.5) is 5.69 Å². The zero-order valence-corrected chi connectivity index (χ0v) is 13.3. The van der Waals surface area contributed by atoms with Crippen LogP contribution in [0.3, 0.4) is 0 Å². The number of carbonyl (C=O) groups excluding carboxylic acids is 1. The Morgan fingerprint density at radius 2 is 2.27 bits per heavy atom. The summed E-state index contributed by atoms with van der Waals surface area (Å²) in [5, 5.41) is 12.6. The van der Waals surface area contributed by atoms with Crippen molar-refractivity contribution in [3.05, 3.63) is 29.3 Å². The van der Waals surface area contributed by atoms with Crippen LogP contribution in [0.2, 0.25) is 0 Å². The Bertz CT molecular complexity index is 542. The maximum Gasteiger partial charge on any atom is 0.176 e. The lowest BCUT2D eigenvalue weighted by Crippen LogP contribution is -2.43. The van der Waals surface area contributed by atoms with Crippen LogP contribution in [0, 0.1) is 0 Å². The van der Waals surface area contributed by atoms with Crippen molar-refractivity contribution in [1.82, 2.24) is 4.90 Å². The molecule has 4 heteroatoms. The lowest BCUT2D eigenvalue weighted by Gasteiger charge is -2.34. The standard InChI is InChI=1S/C18H26N2O2/c1-13-10-15-11-14(5-6-17(15)19-13)18(22)12-20-8-3-2-4-16(20)7-9-21/h5-6,11,13,16,19,21H,2-4,7-10,12H2,1H3. The molecule has 4 nitrogen and oxygen atoms in total. The summed E-state index contributed by atoms with van der Waals surface area (Å²) in [6, 6.07) is 6.85. The Hall–Kier alpha value is -1.39. The number of hydrogen-bond donors (Lipinski definition) is 2. The van der Waals surface area contributed by atoms with E-state index in [0.29, 0.717) is 18.6 Å². The highest BCUT2D eigenvalue weighted by atomic mass is 16.3. The number of hydrogen-bond acceptors (Lipinski definition) is 4. The Balaban J connectivity index is 1.67. The van der Waals surface area contributed by atoms with Crippen molar-refractivity contribution in [2.75, 3.05) is 25.0 Å². The second-order valence-electron chi connectivity index (χ2n) is 6.68. The zero-order valence-electron chi connectivity index (χ0n) is 13.3. The van der Waals surface area contributed by atoms with Gasteiger partial charge in [0.2, 0.25) is 0 Å². The first kappa shape index (κ1) is 15.5. The largest absolute Gasteiger partial charge is 0.396 e. The molecule has 120 valence electrons. The maximum absolute atomic E-state index is 12.6. The molecule has 22 heavy (non-hydrogen) atoms. The third-order valence-corrected chi connectivity index (χ3v) is 4.91. The third-order valence-electron chi connectivity index (χ3n) is 4.91. The van der Waals surface area contributed by atoms with E-state index in [0.717, 1.165) is 37.8 Å². The number of nitrogens with zero attached hydrogens (tertiary/aromatic N) is 1. The molecule has 1 fully saturated rings. The van der Waals surface area contributed by atoms with Crippen LogP contribution < -0.4 is 5.32 Å². The van der Waals surface area contributed by atoms with Crippen LogP contribution in [0.1, 0.15) is 48.5 Å². The predicted octanol–water partition coefficient (Wildman–Crippen LogP) is 2.46. The van der Waals surface area contributed by atoms with E-state index in [1.807, 2.05) is 12.1 Å².